The Balaban J connectivity index is 1.40. The van der Waals surface area contributed by atoms with E-state index < -0.39 is 6.10 Å². The molecule has 4 rings (SSSR count). The maximum Gasteiger partial charge on any atom is 0.146 e. The van der Waals surface area contributed by atoms with Crippen molar-refractivity contribution in [2.24, 2.45) is 7.05 Å². The van der Waals surface area contributed by atoms with Crippen LogP contribution in [0.5, 0.6) is 0 Å². The summed E-state index contributed by atoms with van der Waals surface area (Å²) < 4.78 is 22.4. The third-order valence-corrected chi connectivity index (χ3v) is 6.23. The highest BCUT2D eigenvalue weighted by Crippen LogP contribution is 2.33. The van der Waals surface area contributed by atoms with Gasteiger partial charge >= 0.3 is 0 Å². The molecule has 0 amide bonds. The molecule has 0 saturated carbocycles. The Morgan fingerprint density at radius 1 is 1.16 bits per heavy atom. The van der Waals surface area contributed by atoms with Crippen molar-refractivity contribution in [1.29, 1.82) is 0 Å². The van der Waals surface area contributed by atoms with Gasteiger partial charge in [-0.25, -0.2) is 9.37 Å². The maximum atomic E-state index is 14.9. The molecule has 1 aromatic carbocycles. The minimum Gasteiger partial charge on any atom is -0.466 e. The number of nitrogens with zero attached hydrogens (tertiary/aromatic N) is 4. The van der Waals surface area contributed by atoms with Crippen LogP contribution in [0.2, 0.25) is 0 Å². The summed E-state index contributed by atoms with van der Waals surface area (Å²) in [7, 11) is 1.83. The number of aliphatic hydroxyl groups excluding tert-OH is 1. The molecule has 2 unspecified atom stereocenters. The Bertz CT molecular complexity index is 1010. The Morgan fingerprint density at radius 3 is 2.58 bits per heavy atom. The van der Waals surface area contributed by atoms with Crippen LogP contribution in [-0.2, 0) is 7.05 Å². The maximum absolute atomic E-state index is 14.9. The van der Waals surface area contributed by atoms with Crippen molar-refractivity contribution < 1.29 is 13.9 Å². The molecule has 1 fully saturated rings. The van der Waals surface area contributed by atoms with Gasteiger partial charge in [0, 0.05) is 57.1 Å². The first-order valence-corrected chi connectivity index (χ1v) is 10.9. The van der Waals surface area contributed by atoms with Gasteiger partial charge in [-0.15, -0.1) is 0 Å². The zero-order chi connectivity index (χ0) is 22.0. The number of aliphatic hydroxyl groups is 1. The molecule has 2 aromatic heterocycles. The molecule has 1 aliphatic rings. The lowest BCUT2D eigenvalue weighted by Crippen LogP contribution is -2.47. The van der Waals surface area contributed by atoms with Crippen molar-refractivity contribution in [3.05, 3.63) is 71.5 Å². The number of imidazole rings is 1. The number of hydrogen-bond donors (Lipinski definition) is 1. The standard InChI is InChI=1S/C24H31FN4O2/c1-17(21-8-7-18(2)31-21)9-11-28-13-15-29(16-14-28)22-19(5-4-6-20(22)25)23(30)24-26-10-12-27(24)3/h4-8,10,12,17,23,30H,9,11,13-16H2,1-3H3. The Labute approximate surface area is 182 Å². The summed E-state index contributed by atoms with van der Waals surface area (Å²) in [6, 6.07) is 8.97. The van der Waals surface area contributed by atoms with E-state index in [1.54, 1.807) is 29.1 Å². The molecule has 2 atom stereocenters. The fourth-order valence-electron chi connectivity index (χ4n) is 4.30. The second-order valence-corrected chi connectivity index (χ2v) is 8.44. The van der Waals surface area contributed by atoms with Gasteiger partial charge in [0.2, 0.25) is 0 Å². The number of aryl methyl sites for hydroxylation is 2. The molecule has 0 radical (unpaired) electrons. The summed E-state index contributed by atoms with van der Waals surface area (Å²) in [5, 5.41) is 10.9. The van der Waals surface area contributed by atoms with E-state index in [9.17, 15) is 9.50 Å². The van der Waals surface area contributed by atoms with E-state index in [2.05, 4.69) is 22.9 Å². The Hall–Kier alpha value is -2.64. The van der Waals surface area contributed by atoms with E-state index in [0.717, 1.165) is 50.7 Å². The number of aromatic nitrogens is 2. The molecule has 1 saturated heterocycles. The van der Waals surface area contributed by atoms with E-state index in [4.69, 9.17) is 4.42 Å². The smallest absolute Gasteiger partial charge is 0.146 e. The van der Waals surface area contributed by atoms with Crippen molar-refractivity contribution in [3.8, 4) is 0 Å². The number of piperazine rings is 1. The molecule has 1 aliphatic heterocycles. The largest absolute Gasteiger partial charge is 0.466 e. The van der Waals surface area contributed by atoms with Crippen LogP contribution < -0.4 is 4.90 Å². The van der Waals surface area contributed by atoms with E-state index in [0.29, 0.717) is 23.0 Å². The SMILES string of the molecule is Cc1ccc(C(C)CCN2CCN(c3c(F)cccc3C(O)c3nccn3C)CC2)o1. The van der Waals surface area contributed by atoms with Crippen LogP contribution in [0.15, 0.2) is 47.1 Å². The molecule has 0 spiro atoms. The van der Waals surface area contributed by atoms with E-state index in [-0.39, 0.29) is 5.82 Å². The lowest BCUT2D eigenvalue weighted by molar-refractivity contribution is 0.205. The number of anilines is 1. The van der Waals surface area contributed by atoms with Crippen molar-refractivity contribution in [2.45, 2.75) is 32.3 Å². The van der Waals surface area contributed by atoms with Gasteiger partial charge in [-0.1, -0.05) is 19.1 Å². The summed E-state index contributed by atoms with van der Waals surface area (Å²) >= 11 is 0. The van der Waals surface area contributed by atoms with Crippen LogP contribution in [0, 0.1) is 12.7 Å². The molecule has 166 valence electrons. The summed E-state index contributed by atoms with van der Waals surface area (Å²) in [6.45, 7) is 8.29. The second kappa shape index (κ2) is 9.24. The van der Waals surface area contributed by atoms with Gasteiger partial charge < -0.3 is 19.0 Å². The minimum atomic E-state index is -0.971. The fourth-order valence-corrected chi connectivity index (χ4v) is 4.30. The first kappa shape index (κ1) is 21.6. The number of halogens is 1. The number of para-hydroxylation sites is 1. The monoisotopic (exact) mass is 426 g/mol. The van der Waals surface area contributed by atoms with Gasteiger partial charge in [0.1, 0.15) is 29.3 Å². The fraction of sp³-hybridized carbons (Fsp3) is 0.458. The predicted octanol–water partition coefficient (Wildman–Crippen LogP) is 3.86. The van der Waals surface area contributed by atoms with Gasteiger partial charge in [-0.3, -0.25) is 4.90 Å². The van der Waals surface area contributed by atoms with E-state index in [1.165, 1.54) is 6.07 Å². The molecule has 6 nitrogen and oxygen atoms in total. The average molecular weight is 427 g/mol. The molecule has 7 heteroatoms. The Kier molecular flexibility index (Phi) is 6.43. The zero-order valence-corrected chi connectivity index (χ0v) is 18.5. The number of rotatable bonds is 7. The normalized spacial score (nSPS) is 17.1. The number of hydrogen-bond acceptors (Lipinski definition) is 5. The lowest BCUT2D eigenvalue weighted by Gasteiger charge is -2.37. The molecule has 31 heavy (non-hydrogen) atoms. The first-order valence-electron chi connectivity index (χ1n) is 10.9. The third kappa shape index (κ3) is 4.67. The van der Waals surface area contributed by atoms with Crippen molar-refractivity contribution in [2.75, 3.05) is 37.6 Å². The van der Waals surface area contributed by atoms with Crippen LogP contribution in [0.3, 0.4) is 0 Å². The summed E-state index contributed by atoms with van der Waals surface area (Å²) in [5.41, 5.74) is 1.04. The summed E-state index contributed by atoms with van der Waals surface area (Å²) in [4.78, 5) is 8.71. The highest BCUT2D eigenvalue weighted by molar-refractivity contribution is 5.57. The van der Waals surface area contributed by atoms with Crippen LogP contribution in [-0.4, -0.2) is 52.3 Å². The Morgan fingerprint density at radius 2 is 1.94 bits per heavy atom. The molecular weight excluding hydrogens is 395 g/mol. The highest BCUT2D eigenvalue weighted by atomic mass is 19.1. The average Bonchev–Trinajstić information content (AvgIpc) is 3.40. The minimum absolute atomic E-state index is 0.305. The van der Waals surface area contributed by atoms with E-state index in [1.807, 2.05) is 24.9 Å². The zero-order valence-electron chi connectivity index (χ0n) is 18.5. The van der Waals surface area contributed by atoms with Crippen LogP contribution in [0.25, 0.3) is 0 Å². The van der Waals surface area contributed by atoms with Gasteiger partial charge in [0.05, 0.1) is 5.69 Å². The predicted molar refractivity (Wildman–Crippen MR) is 119 cm³/mol. The van der Waals surface area contributed by atoms with Crippen LogP contribution in [0.4, 0.5) is 10.1 Å². The lowest BCUT2D eigenvalue weighted by atomic mass is 10.0. The van der Waals surface area contributed by atoms with Crippen molar-refractivity contribution in [3.63, 3.8) is 0 Å². The van der Waals surface area contributed by atoms with Gasteiger partial charge in [0.15, 0.2) is 0 Å². The first-order chi connectivity index (χ1) is 14.9. The molecule has 3 aromatic rings. The molecule has 0 aliphatic carbocycles. The topological polar surface area (TPSA) is 57.7 Å². The van der Waals surface area contributed by atoms with Crippen molar-refractivity contribution >= 4 is 5.69 Å². The van der Waals surface area contributed by atoms with Crippen LogP contribution >= 0.6 is 0 Å². The molecule has 3 heterocycles. The summed E-state index contributed by atoms with van der Waals surface area (Å²) in [6.07, 6.45) is 3.47. The molecule has 0 bridgehead atoms. The summed E-state index contributed by atoms with van der Waals surface area (Å²) in [5.74, 6) is 2.56. The van der Waals surface area contributed by atoms with E-state index >= 15 is 0 Å². The second-order valence-electron chi connectivity index (χ2n) is 8.44. The van der Waals surface area contributed by atoms with Gasteiger partial charge in [-0.05, 0) is 38.1 Å². The van der Waals surface area contributed by atoms with Gasteiger partial charge in [0.25, 0.3) is 0 Å². The van der Waals surface area contributed by atoms with Gasteiger partial charge in [-0.2, -0.15) is 0 Å². The quantitative estimate of drug-likeness (QED) is 0.622. The van der Waals surface area contributed by atoms with Crippen LogP contribution in [0.1, 0.15) is 48.3 Å². The highest BCUT2D eigenvalue weighted by Gasteiger charge is 2.27. The number of furan rings is 1. The van der Waals surface area contributed by atoms with Crippen molar-refractivity contribution in [1.82, 2.24) is 14.5 Å². The third-order valence-electron chi connectivity index (χ3n) is 6.23. The molecule has 1 N–H and O–H groups in total. The molecular formula is C24H31FN4O2. The number of benzene rings is 1.